The maximum atomic E-state index is 13.0. The molecule has 33 heavy (non-hydrogen) atoms. The fourth-order valence-electron chi connectivity index (χ4n) is 3.09. The summed E-state index contributed by atoms with van der Waals surface area (Å²) >= 11 is 5.75. The number of benzene rings is 2. The van der Waals surface area contributed by atoms with E-state index in [4.69, 9.17) is 22.1 Å². The number of carbonyl (C=O) groups is 3. The number of anilines is 2. The van der Waals surface area contributed by atoms with Crippen LogP contribution < -0.4 is 15.6 Å². The van der Waals surface area contributed by atoms with E-state index in [-0.39, 0.29) is 22.8 Å². The molecule has 8 nitrogen and oxygen atoms in total. The molecule has 0 saturated carbocycles. The fourth-order valence-corrected chi connectivity index (χ4v) is 3.21. The van der Waals surface area contributed by atoms with Crippen LogP contribution in [0, 0.1) is 0 Å². The SMILES string of the molecule is NC(=O)[C@@H]1CC(C(=O)OCC(=O)N(CC(F)(F)F)c2ccc(Cl)cc2)=NN1c1ccccc1. The van der Waals surface area contributed by atoms with Crippen molar-refractivity contribution in [1.29, 1.82) is 0 Å². The van der Waals surface area contributed by atoms with Gasteiger partial charge in [0, 0.05) is 17.1 Å². The standard InChI is InChI=1S/C21H18ClF3N4O4/c22-13-6-8-14(9-7-13)28(12-21(23,24)25)18(30)11-33-20(32)16-10-17(19(26)31)29(27-16)15-4-2-1-3-5-15/h1-9,17H,10-12H2,(H2,26,31)/t17-/m0/s1. The molecule has 0 unspecified atom stereocenters. The van der Waals surface area contributed by atoms with Gasteiger partial charge in [-0.1, -0.05) is 29.8 Å². The van der Waals surface area contributed by atoms with Crippen LogP contribution in [-0.2, 0) is 19.1 Å². The minimum atomic E-state index is -4.69. The molecule has 0 saturated heterocycles. The predicted octanol–water partition coefficient (Wildman–Crippen LogP) is 2.90. The predicted molar refractivity (Wildman–Crippen MR) is 115 cm³/mol. The minimum Gasteiger partial charge on any atom is -0.451 e. The van der Waals surface area contributed by atoms with E-state index in [2.05, 4.69) is 5.10 Å². The van der Waals surface area contributed by atoms with E-state index in [1.165, 1.54) is 29.3 Å². The molecule has 2 aromatic rings. The van der Waals surface area contributed by atoms with Crippen LogP contribution >= 0.6 is 11.6 Å². The summed E-state index contributed by atoms with van der Waals surface area (Å²) in [5.41, 5.74) is 5.64. The van der Waals surface area contributed by atoms with E-state index in [0.717, 1.165) is 0 Å². The van der Waals surface area contributed by atoms with E-state index < -0.39 is 43.2 Å². The van der Waals surface area contributed by atoms with Gasteiger partial charge in [0.25, 0.3) is 5.91 Å². The van der Waals surface area contributed by atoms with Gasteiger partial charge in [-0.05, 0) is 36.4 Å². The molecule has 3 rings (SSSR count). The third-order valence-corrected chi connectivity index (χ3v) is 4.85. The van der Waals surface area contributed by atoms with Gasteiger partial charge >= 0.3 is 12.1 Å². The maximum absolute atomic E-state index is 13.0. The van der Waals surface area contributed by atoms with Crippen molar-refractivity contribution in [2.45, 2.75) is 18.6 Å². The number of esters is 1. The minimum absolute atomic E-state index is 0.0694. The van der Waals surface area contributed by atoms with E-state index in [1.807, 2.05) is 0 Å². The van der Waals surface area contributed by atoms with Crippen LogP contribution in [0.15, 0.2) is 59.7 Å². The molecule has 1 aliphatic heterocycles. The number of para-hydroxylation sites is 1. The summed E-state index contributed by atoms with van der Waals surface area (Å²) in [7, 11) is 0. The van der Waals surface area contributed by atoms with Crippen LogP contribution in [0.5, 0.6) is 0 Å². The van der Waals surface area contributed by atoms with Crippen molar-refractivity contribution >= 4 is 46.5 Å². The second-order valence-electron chi connectivity index (χ2n) is 7.00. The van der Waals surface area contributed by atoms with Crippen molar-refractivity contribution < 1.29 is 32.3 Å². The number of nitrogens with zero attached hydrogens (tertiary/aromatic N) is 3. The normalized spacial score (nSPS) is 15.7. The third kappa shape index (κ3) is 6.22. The van der Waals surface area contributed by atoms with Crippen molar-refractivity contribution in [3.05, 3.63) is 59.6 Å². The van der Waals surface area contributed by atoms with Crippen LogP contribution in [0.2, 0.25) is 5.02 Å². The van der Waals surface area contributed by atoms with E-state index in [0.29, 0.717) is 10.6 Å². The summed E-state index contributed by atoms with van der Waals surface area (Å²) in [6, 6.07) is 12.6. The maximum Gasteiger partial charge on any atom is 0.406 e. The molecular formula is C21H18ClF3N4O4. The first-order valence-corrected chi connectivity index (χ1v) is 9.94. The van der Waals surface area contributed by atoms with Gasteiger partial charge < -0.3 is 15.4 Å². The summed E-state index contributed by atoms with van der Waals surface area (Å²) in [4.78, 5) is 37.2. The van der Waals surface area contributed by atoms with E-state index >= 15 is 0 Å². The van der Waals surface area contributed by atoms with Crippen molar-refractivity contribution in [2.24, 2.45) is 10.8 Å². The molecule has 1 aliphatic rings. The van der Waals surface area contributed by atoms with E-state index in [1.54, 1.807) is 30.3 Å². The number of hydrogen-bond acceptors (Lipinski definition) is 6. The fraction of sp³-hybridized carbons (Fsp3) is 0.238. The molecule has 0 spiro atoms. The molecule has 0 bridgehead atoms. The Kier molecular flexibility index (Phi) is 7.22. The Labute approximate surface area is 191 Å². The number of hydrogen-bond donors (Lipinski definition) is 1. The van der Waals surface area contributed by atoms with Gasteiger partial charge in [0.15, 0.2) is 6.61 Å². The summed E-state index contributed by atoms with van der Waals surface area (Å²) in [5.74, 6) is -2.88. The van der Waals surface area contributed by atoms with Crippen molar-refractivity contribution in [1.82, 2.24) is 0 Å². The number of amides is 2. The van der Waals surface area contributed by atoms with Crippen molar-refractivity contribution in [3.63, 3.8) is 0 Å². The van der Waals surface area contributed by atoms with E-state index in [9.17, 15) is 27.6 Å². The van der Waals surface area contributed by atoms with Gasteiger partial charge in [-0.15, -0.1) is 0 Å². The molecule has 174 valence electrons. The summed E-state index contributed by atoms with van der Waals surface area (Å²) < 4.78 is 43.9. The van der Waals surface area contributed by atoms with Crippen LogP contribution in [0.4, 0.5) is 24.5 Å². The van der Waals surface area contributed by atoms with Gasteiger partial charge in [-0.25, -0.2) is 4.79 Å². The lowest BCUT2D eigenvalue weighted by atomic mass is 10.1. The zero-order valence-corrected chi connectivity index (χ0v) is 17.7. The number of primary amides is 1. The van der Waals surface area contributed by atoms with Gasteiger partial charge in [-0.3, -0.25) is 14.6 Å². The first kappa shape index (κ1) is 24.1. The Morgan fingerprint density at radius 3 is 2.33 bits per heavy atom. The van der Waals surface area contributed by atoms with Crippen LogP contribution in [-0.4, -0.2) is 48.9 Å². The molecule has 0 aliphatic carbocycles. The molecule has 12 heteroatoms. The highest BCUT2D eigenvalue weighted by atomic mass is 35.5. The quantitative estimate of drug-likeness (QED) is 0.611. The lowest BCUT2D eigenvalue weighted by molar-refractivity contribution is -0.143. The first-order chi connectivity index (χ1) is 15.5. The zero-order chi connectivity index (χ0) is 24.2. The van der Waals surface area contributed by atoms with Gasteiger partial charge in [0.1, 0.15) is 18.3 Å². The molecule has 0 aromatic heterocycles. The summed E-state index contributed by atoms with van der Waals surface area (Å²) in [5, 5.41) is 5.59. The summed E-state index contributed by atoms with van der Waals surface area (Å²) in [6.45, 7) is -2.55. The van der Waals surface area contributed by atoms with Gasteiger partial charge in [0.2, 0.25) is 5.91 Å². The zero-order valence-electron chi connectivity index (χ0n) is 17.0. The number of nitrogens with two attached hydrogens (primary N) is 1. The van der Waals surface area contributed by atoms with Crippen LogP contribution in [0.3, 0.4) is 0 Å². The monoisotopic (exact) mass is 482 g/mol. The molecular weight excluding hydrogens is 465 g/mol. The first-order valence-electron chi connectivity index (χ1n) is 9.56. The number of carbonyl (C=O) groups excluding carboxylic acids is 3. The molecule has 2 aromatic carbocycles. The third-order valence-electron chi connectivity index (χ3n) is 4.60. The second-order valence-corrected chi connectivity index (χ2v) is 7.43. The second kappa shape index (κ2) is 9.90. The highest BCUT2D eigenvalue weighted by Crippen LogP contribution is 2.26. The lowest BCUT2D eigenvalue weighted by Crippen LogP contribution is -2.42. The van der Waals surface area contributed by atoms with Crippen molar-refractivity contribution in [2.75, 3.05) is 23.1 Å². The topological polar surface area (TPSA) is 105 Å². The summed E-state index contributed by atoms with van der Waals surface area (Å²) in [6.07, 6.45) is -4.87. The van der Waals surface area contributed by atoms with Gasteiger partial charge in [0.05, 0.1) is 5.69 Å². The highest BCUT2D eigenvalue weighted by molar-refractivity contribution is 6.38. The Hall–Kier alpha value is -3.60. The smallest absolute Gasteiger partial charge is 0.406 e. The lowest BCUT2D eigenvalue weighted by Gasteiger charge is -2.24. The average molecular weight is 483 g/mol. The van der Waals surface area contributed by atoms with Gasteiger partial charge in [-0.2, -0.15) is 18.3 Å². The van der Waals surface area contributed by atoms with Crippen LogP contribution in [0.1, 0.15) is 6.42 Å². The Bertz CT molecular complexity index is 1060. The number of rotatable bonds is 7. The Balaban J connectivity index is 1.72. The number of halogens is 4. The Morgan fingerprint density at radius 2 is 1.76 bits per heavy atom. The molecule has 2 amide bonds. The van der Waals surface area contributed by atoms with Crippen molar-refractivity contribution in [3.8, 4) is 0 Å². The molecule has 1 heterocycles. The number of ether oxygens (including phenoxy) is 1. The highest BCUT2D eigenvalue weighted by Gasteiger charge is 2.37. The number of alkyl halides is 3. The largest absolute Gasteiger partial charge is 0.451 e. The number of hydrazone groups is 1. The molecule has 2 N–H and O–H groups in total. The molecule has 0 radical (unpaired) electrons. The van der Waals surface area contributed by atoms with Crippen LogP contribution in [0.25, 0.3) is 0 Å². The molecule has 1 atom stereocenters. The Morgan fingerprint density at radius 1 is 1.12 bits per heavy atom. The average Bonchev–Trinajstić information content (AvgIpc) is 3.22. The molecule has 0 fully saturated rings.